The monoisotopic (exact) mass is 328 g/mol. The first kappa shape index (κ1) is 17.0. The molecular formula is C17H20N4OS. The van der Waals surface area contributed by atoms with E-state index in [1.54, 1.807) is 17.1 Å². The van der Waals surface area contributed by atoms with Gasteiger partial charge < -0.3 is 4.90 Å². The maximum Gasteiger partial charge on any atom is 0.233 e. The third kappa shape index (κ3) is 4.82. The summed E-state index contributed by atoms with van der Waals surface area (Å²) in [5.41, 5.74) is 2.17. The molecule has 2 aromatic rings. The molecule has 1 aromatic carbocycles. The van der Waals surface area contributed by atoms with Crippen molar-refractivity contribution in [3.63, 3.8) is 0 Å². The first-order valence-electron chi connectivity index (χ1n) is 7.26. The van der Waals surface area contributed by atoms with Gasteiger partial charge in [-0.05, 0) is 6.92 Å². The van der Waals surface area contributed by atoms with Crippen LogP contribution in [0.25, 0.3) is 11.4 Å². The van der Waals surface area contributed by atoms with E-state index in [0.29, 0.717) is 24.1 Å². The molecule has 1 heterocycles. The summed E-state index contributed by atoms with van der Waals surface area (Å²) in [7, 11) is 0. The van der Waals surface area contributed by atoms with E-state index in [1.807, 2.05) is 31.2 Å². The van der Waals surface area contributed by atoms with Crippen LogP contribution in [0.15, 0.2) is 54.7 Å². The summed E-state index contributed by atoms with van der Waals surface area (Å²) in [6.45, 7) is 10.4. The highest BCUT2D eigenvalue weighted by atomic mass is 32.2. The quantitative estimate of drug-likeness (QED) is 0.597. The molecule has 120 valence electrons. The van der Waals surface area contributed by atoms with Crippen molar-refractivity contribution in [2.24, 2.45) is 0 Å². The number of nitrogens with zero attached hydrogens (tertiary/aromatic N) is 3. The van der Waals surface area contributed by atoms with Gasteiger partial charge in [-0.15, -0.1) is 18.3 Å². The molecule has 0 aliphatic heterocycles. The van der Waals surface area contributed by atoms with Gasteiger partial charge in [0.25, 0.3) is 0 Å². The van der Waals surface area contributed by atoms with E-state index in [0.717, 1.165) is 5.56 Å². The van der Waals surface area contributed by atoms with Crippen LogP contribution < -0.4 is 0 Å². The second-order valence-corrected chi connectivity index (χ2v) is 5.94. The van der Waals surface area contributed by atoms with E-state index in [9.17, 15) is 4.79 Å². The first-order valence-corrected chi connectivity index (χ1v) is 8.24. The summed E-state index contributed by atoms with van der Waals surface area (Å²) in [5.74, 6) is 0.998. The minimum Gasteiger partial charge on any atom is -0.335 e. The number of thioether (sulfide) groups is 1. The van der Waals surface area contributed by atoms with Crippen molar-refractivity contribution in [3.05, 3.63) is 55.1 Å². The van der Waals surface area contributed by atoms with Crippen molar-refractivity contribution in [1.29, 1.82) is 0 Å². The minimum absolute atomic E-state index is 0.0106. The molecule has 0 saturated heterocycles. The number of rotatable bonds is 8. The molecule has 1 N–H and O–H groups in total. The zero-order valence-corrected chi connectivity index (χ0v) is 14.0. The molecule has 0 saturated carbocycles. The average Bonchev–Trinajstić information content (AvgIpc) is 3.02. The molecule has 0 spiro atoms. The predicted octanol–water partition coefficient (Wildman–Crippen LogP) is 3.07. The molecule has 0 radical (unpaired) electrons. The number of aromatic nitrogens is 3. The topological polar surface area (TPSA) is 61.9 Å². The number of hydrogen-bond acceptors (Lipinski definition) is 4. The van der Waals surface area contributed by atoms with E-state index in [-0.39, 0.29) is 11.7 Å². The van der Waals surface area contributed by atoms with Crippen LogP contribution in [0.2, 0.25) is 0 Å². The summed E-state index contributed by atoms with van der Waals surface area (Å²) in [4.78, 5) is 18.3. The molecule has 0 aliphatic rings. The van der Waals surface area contributed by atoms with E-state index in [1.165, 1.54) is 17.3 Å². The van der Waals surface area contributed by atoms with E-state index >= 15 is 0 Å². The smallest absolute Gasteiger partial charge is 0.233 e. The molecule has 0 atom stereocenters. The van der Waals surface area contributed by atoms with Crippen molar-refractivity contribution < 1.29 is 4.79 Å². The van der Waals surface area contributed by atoms with Gasteiger partial charge in [0.15, 0.2) is 5.82 Å². The summed E-state index contributed by atoms with van der Waals surface area (Å²) < 4.78 is 0. The Morgan fingerprint density at radius 3 is 2.52 bits per heavy atom. The van der Waals surface area contributed by atoms with Crippen LogP contribution in [0, 0.1) is 6.92 Å². The molecule has 1 aromatic heterocycles. The third-order valence-corrected chi connectivity index (χ3v) is 4.00. The number of carbonyl (C=O) groups excluding carboxylic acids is 1. The maximum atomic E-state index is 12.2. The number of benzene rings is 1. The summed E-state index contributed by atoms with van der Waals surface area (Å²) in [6.07, 6.45) is 3.41. The van der Waals surface area contributed by atoms with Crippen LogP contribution in [0.4, 0.5) is 0 Å². The van der Waals surface area contributed by atoms with Crippen LogP contribution in [-0.2, 0) is 4.79 Å². The lowest BCUT2D eigenvalue weighted by atomic mass is 10.1. The lowest BCUT2D eigenvalue weighted by molar-refractivity contribution is -0.127. The molecular weight excluding hydrogens is 308 g/mol. The van der Waals surface area contributed by atoms with Gasteiger partial charge in [-0.25, -0.2) is 4.98 Å². The standard InChI is InChI=1S/C17H20N4OS/c1-4-10-21(11-5-2)15(22)12-23-17-18-16(19-20-17)14-8-6-13(3)7-9-14/h4-9H,1-2,10-12H2,3H3,(H,18,19,20). The number of nitrogens with one attached hydrogen (secondary N) is 1. The minimum atomic E-state index is 0.0106. The Morgan fingerprint density at radius 2 is 1.91 bits per heavy atom. The molecule has 5 nitrogen and oxygen atoms in total. The van der Waals surface area contributed by atoms with Crippen molar-refractivity contribution in [2.45, 2.75) is 12.1 Å². The van der Waals surface area contributed by atoms with E-state index < -0.39 is 0 Å². The number of carbonyl (C=O) groups is 1. The van der Waals surface area contributed by atoms with Gasteiger partial charge in [0.2, 0.25) is 11.1 Å². The Hall–Kier alpha value is -2.34. The zero-order chi connectivity index (χ0) is 16.7. The fourth-order valence-electron chi connectivity index (χ4n) is 1.96. The van der Waals surface area contributed by atoms with Gasteiger partial charge >= 0.3 is 0 Å². The normalized spacial score (nSPS) is 10.3. The van der Waals surface area contributed by atoms with Gasteiger partial charge in [-0.1, -0.05) is 53.7 Å². The Bertz CT molecular complexity index is 668. The molecule has 0 aliphatic carbocycles. The Kier molecular flexibility index (Phi) is 6.17. The van der Waals surface area contributed by atoms with Crippen molar-refractivity contribution in [1.82, 2.24) is 20.1 Å². The number of amides is 1. The van der Waals surface area contributed by atoms with Crippen LogP contribution in [0.3, 0.4) is 0 Å². The van der Waals surface area contributed by atoms with E-state index in [2.05, 4.69) is 28.3 Å². The fraction of sp³-hybridized carbons (Fsp3) is 0.235. The van der Waals surface area contributed by atoms with Crippen LogP contribution in [-0.4, -0.2) is 44.8 Å². The maximum absolute atomic E-state index is 12.2. The van der Waals surface area contributed by atoms with Crippen molar-refractivity contribution in [2.75, 3.05) is 18.8 Å². The molecule has 23 heavy (non-hydrogen) atoms. The number of hydrogen-bond donors (Lipinski definition) is 1. The number of aromatic amines is 1. The molecule has 0 bridgehead atoms. The van der Waals surface area contributed by atoms with Gasteiger partial charge in [0.05, 0.1) is 5.75 Å². The lowest BCUT2D eigenvalue weighted by Crippen LogP contribution is -2.32. The van der Waals surface area contributed by atoms with Crippen molar-refractivity contribution >= 4 is 17.7 Å². The third-order valence-electron chi connectivity index (χ3n) is 3.17. The molecule has 6 heteroatoms. The molecule has 0 fully saturated rings. The first-order chi connectivity index (χ1) is 11.1. The zero-order valence-electron chi connectivity index (χ0n) is 13.2. The lowest BCUT2D eigenvalue weighted by Gasteiger charge is -2.18. The second-order valence-electron chi connectivity index (χ2n) is 5.00. The summed E-state index contributed by atoms with van der Waals surface area (Å²) >= 11 is 1.31. The molecule has 0 unspecified atom stereocenters. The van der Waals surface area contributed by atoms with Crippen molar-refractivity contribution in [3.8, 4) is 11.4 Å². The Labute approximate surface area is 140 Å². The van der Waals surface area contributed by atoms with Gasteiger partial charge in [-0.3, -0.25) is 9.89 Å². The Balaban J connectivity index is 1.96. The van der Waals surface area contributed by atoms with Gasteiger partial charge in [0.1, 0.15) is 0 Å². The SMILES string of the molecule is C=CCN(CC=C)C(=O)CSc1n[nH]c(-c2ccc(C)cc2)n1. The summed E-state index contributed by atoms with van der Waals surface area (Å²) in [5, 5.41) is 7.62. The second kappa shape index (κ2) is 8.33. The summed E-state index contributed by atoms with van der Waals surface area (Å²) in [6, 6.07) is 8.03. The molecule has 1 amide bonds. The fourth-order valence-corrected chi connectivity index (χ4v) is 2.66. The molecule has 2 rings (SSSR count). The highest BCUT2D eigenvalue weighted by molar-refractivity contribution is 7.99. The highest BCUT2D eigenvalue weighted by Crippen LogP contribution is 2.19. The Morgan fingerprint density at radius 1 is 1.26 bits per heavy atom. The van der Waals surface area contributed by atoms with Gasteiger partial charge in [0, 0.05) is 18.7 Å². The van der Waals surface area contributed by atoms with Crippen LogP contribution >= 0.6 is 11.8 Å². The number of aryl methyl sites for hydroxylation is 1. The number of H-pyrrole nitrogens is 1. The van der Waals surface area contributed by atoms with Crippen LogP contribution in [0.1, 0.15) is 5.56 Å². The highest BCUT2D eigenvalue weighted by Gasteiger charge is 2.13. The predicted molar refractivity (Wildman–Crippen MR) is 94.3 cm³/mol. The largest absolute Gasteiger partial charge is 0.335 e. The van der Waals surface area contributed by atoms with Crippen LogP contribution in [0.5, 0.6) is 0 Å². The average molecular weight is 328 g/mol. The van der Waals surface area contributed by atoms with Gasteiger partial charge in [-0.2, -0.15) is 0 Å². The van der Waals surface area contributed by atoms with E-state index in [4.69, 9.17) is 0 Å².